The molecule has 0 aliphatic rings. The first-order valence-electron chi connectivity index (χ1n) is 10.6. The van der Waals surface area contributed by atoms with E-state index in [1.165, 1.54) is 49.6 Å². The van der Waals surface area contributed by atoms with E-state index in [0.717, 1.165) is 28.8 Å². The summed E-state index contributed by atoms with van der Waals surface area (Å²) in [5.74, 6) is 0.0552. The Morgan fingerprint density at radius 1 is 0.947 bits per heavy atom. The van der Waals surface area contributed by atoms with Crippen LogP contribution in [0.15, 0.2) is 76.5 Å². The van der Waals surface area contributed by atoms with Gasteiger partial charge in [0.15, 0.2) is 9.84 Å². The van der Waals surface area contributed by atoms with Gasteiger partial charge in [-0.05, 0) is 41.5 Å². The summed E-state index contributed by atoms with van der Waals surface area (Å²) in [5.41, 5.74) is -5.09. The third kappa shape index (κ3) is 6.42. The Bertz CT molecular complexity index is 1590. The van der Waals surface area contributed by atoms with Gasteiger partial charge in [0.1, 0.15) is 10.6 Å². The molecular weight excluding hydrogens is 587 g/mol. The summed E-state index contributed by atoms with van der Waals surface area (Å²) in [4.78, 5) is 17.9. The van der Waals surface area contributed by atoms with Gasteiger partial charge in [-0.25, -0.2) is 16.8 Å². The van der Waals surface area contributed by atoms with Crippen molar-refractivity contribution in [1.29, 1.82) is 0 Å². The molecule has 9 nitrogen and oxygen atoms in total. The molecule has 15 heteroatoms. The molecule has 0 aliphatic carbocycles. The normalized spacial score (nSPS) is 13.1. The van der Waals surface area contributed by atoms with Crippen LogP contribution in [0.25, 0.3) is 0 Å². The highest BCUT2D eigenvalue weighted by molar-refractivity contribution is 7.90. The predicted molar refractivity (Wildman–Crippen MR) is 136 cm³/mol. The fraction of sp³-hybridized carbons (Fsp3) is 0.217. The molecule has 0 saturated heterocycles. The number of para-hydroxylation sites is 1. The summed E-state index contributed by atoms with van der Waals surface area (Å²) in [7, 11) is -12.4. The number of hydrogen-bond acceptors (Lipinski definition) is 6. The molecule has 0 radical (unpaired) electrons. The number of sulfonamides is 1. The zero-order valence-electron chi connectivity index (χ0n) is 20.0. The van der Waals surface area contributed by atoms with Gasteiger partial charge in [0.25, 0.3) is 0 Å². The highest BCUT2D eigenvalue weighted by Crippen LogP contribution is 2.60. The molecule has 3 rings (SSSR count). The Morgan fingerprint density at radius 3 is 2.03 bits per heavy atom. The quantitative estimate of drug-likeness (QED) is 0.323. The van der Waals surface area contributed by atoms with E-state index >= 15 is 0 Å². The molecule has 206 valence electrons. The molecule has 0 heterocycles. The van der Waals surface area contributed by atoms with E-state index < -0.39 is 43.7 Å². The number of rotatable bonds is 10. The van der Waals surface area contributed by atoms with E-state index in [4.69, 9.17) is 26.1 Å². The van der Waals surface area contributed by atoms with Gasteiger partial charge < -0.3 is 14.5 Å². The van der Waals surface area contributed by atoms with Crippen molar-refractivity contribution in [2.45, 2.75) is 28.5 Å². The number of ether oxygens (including phenoxy) is 1. The largest absolute Gasteiger partial charge is 0.495 e. The summed E-state index contributed by atoms with van der Waals surface area (Å²) >= 11 is 5.93. The summed E-state index contributed by atoms with van der Waals surface area (Å²) in [5, 5.41) is -0.664. The molecule has 2 N–H and O–H groups in total. The molecule has 3 aromatic rings. The number of benzene rings is 3. The third-order valence-electron chi connectivity index (χ3n) is 5.48. The molecule has 3 aromatic carbocycles. The van der Waals surface area contributed by atoms with Crippen LogP contribution in [-0.2, 0) is 43.2 Å². The minimum absolute atomic E-state index is 0.0359. The van der Waals surface area contributed by atoms with Crippen LogP contribution in [0.5, 0.6) is 5.75 Å². The zero-order valence-corrected chi connectivity index (χ0v) is 23.2. The molecule has 38 heavy (non-hydrogen) atoms. The number of alkyl halides is 2. The van der Waals surface area contributed by atoms with Gasteiger partial charge in [-0.1, -0.05) is 48.0 Å². The van der Waals surface area contributed by atoms with E-state index in [9.17, 15) is 30.2 Å². The van der Waals surface area contributed by atoms with Crippen molar-refractivity contribution in [2.24, 2.45) is 0 Å². The van der Waals surface area contributed by atoms with Crippen LogP contribution in [0, 0.1) is 0 Å². The number of halogens is 3. The second-order valence-corrected chi connectivity index (χ2v) is 14.2. The molecule has 0 fully saturated rings. The second kappa shape index (κ2) is 11.0. The van der Waals surface area contributed by atoms with Crippen LogP contribution in [-0.4, -0.2) is 44.3 Å². The molecular formula is C23H23ClF2NO8PS2. The van der Waals surface area contributed by atoms with E-state index in [2.05, 4.69) is 0 Å². The molecule has 0 spiro atoms. The lowest BCUT2D eigenvalue weighted by molar-refractivity contribution is 0.0565. The topological polar surface area (TPSA) is 138 Å². The fourth-order valence-corrected chi connectivity index (χ4v) is 6.60. The molecule has 0 bridgehead atoms. The Kier molecular flexibility index (Phi) is 8.74. The smallest absolute Gasteiger partial charge is 0.399 e. The van der Waals surface area contributed by atoms with Crippen molar-refractivity contribution < 1.29 is 44.7 Å². The van der Waals surface area contributed by atoms with Crippen molar-refractivity contribution in [2.75, 3.05) is 13.4 Å². The van der Waals surface area contributed by atoms with Crippen molar-refractivity contribution in [3.05, 3.63) is 88.4 Å². The van der Waals surface area contributed by atoms with Crippen LogP contribution in [0.3, 0.4) is 0 Å². The van der Waals surface area contributed by atoms with Gasteiger partial charge in [-0.15, -0.1) is 0 Å². The van der Waals surface area contributed by atoms with E-state index in [1.807, 2.05) is 0 Å². The lowest BCUT2D eigenvalue weighted by atomic mass is 10.1. The maximum Gasteiger partial charge on any atom is 0.399 e. The molecule has 0 aromatic heterocycles. The number of sulfone groups is 1. The molecule has 0 saturated carbocycles. The van der Waals surface area contributed by atoms with E-state index in [1.54, 1.807) is 6.07 Å². The van der Waals surface area contributed by atoms with E-state index in [0.29, 0.717) is 5.56 Å². The third-order valence-corrected chi connectivity index (χ3v) is 9.72. The number of hydrogen-bond donors (Lipinski definition) is 2. The minimum Gasteiger partial charge on any atom is -0.495 e. The molecule has 0 amide bonds. The van der Waals surface area contributed by atoms with Gasteiger partial charge in [-0.3, -0.25) is 4.57 Å². The van der Waals surface area contributed by atoms with Crippen LogP contribution in [0.1, 0.15) is 16.7 Å². The highest BCUT2D eigenvalue weighted by atomic mass is 35.5. The second-order valence-electron chi connectivity index (χ2n) is 8.24. The van der Waals surface area contributed by atoms with Crippen LogP contribution >= 0.6 is 19.2 Å². The number of nitrogens with zero attached hydrogens (tertiary/aromatic N) is 1. The van der Waals surface area contributed by atoms with Crippen molar-refractivity contribution in [3.8, 4) is 5.75 Å². The van der Waals surface area contributed by atoms with Gasteiger partial charge in [0.05, 0.1) is 22.6 Å². The first-order chi connectivity index (χ1) is 17.5. The van der Waals surface area contributed by atoms with Crippen molar-refractivity contribution in [1.82, 2.24) is 4.31 Å². The van der Waals surface area contributed by atoms with E-state index in [-0.39, 0.29) is 34.2 Å². The van der Waals surface area contributed by atoms with Gasteiger partial charge in [0.2, 0.25) is 10.0 Å². The summed E-state index contributed by atoms with van der Waals surface area (Å²) < 4.78 is 96.8. The molecule has 0 unspecified atom stereocenters. The Morgan fingerprint density at radius 2 is 1.50 bits per heavy atom. The average molecular weight is 610 g/mol. The Labute approximate surface area is 223 Å². The lowest BCUT2D eigenvalue weighted by Gasteiger charge is -2.24. The first kappa shape index (κ1) is 30.2. The Hall–Kier alpha value is -2.38. The maximum absolute atomic E-state index is 14.2. The summed E-state index contributed by atoms with van der Waals surface area (Å²) in [6.07, 6.45) is 1.03. The van der Waals surface area contributed by atoms with Gasteiger partial charge in [-0.2, -0.15) is 13.1 Å². The summed E-state index contributed by atoms with van der Waals surface area (Å²) in [6.45, 7) is -0.627. The van der Waals surface area contributed by atoms with Crippen LogP contribution < -0.4 is 4.74 Å². The van der Waals surface area contributed by atoms with Gasteiger partial charge >= 0.3 is 13.3 Å². The minimum atomic E-state index is -5.88. The number of methoxy groups -OCH3 is 1. The molecule has 0 aliphatic heterocycles. The van der Waals surface area contributed by atoms with Crippen molar-refractivity contribution in [3.63, 3.8) is 0 Å². The standard InChI is InChI=1S/C23H23ClF2NO8PS2/c1-35-21-5-3-4-6-22(21)38(33,34)27(14-16-7-10-18(11-8-16)37(2,31)32)15-17-9-12-19(20(24)13-17)23(25,26)36(28,29)30/h3-13H,14-15H2,1-2H3,(H2,28,29,30). The lowest BCUT2D eigenvalue weighted by Crippen LogP contribution is -2.30. The zero-order chi connectivity index (χ0) is 28.5. The molecule has 0 atom stereocenters. The summed E-state index contributed by atoms with van der Waals surface area (Å²) in [6, 6.07) is 14.2. The predicted octanol–water partition coefficient (Wildman–Crippen LogP) is 4.37. The van der Waals surface area contributed by atoms with Gasteiger partial charge in [0, 0.05) is 19.3 Å². The highest BCUT2D eigenvalue weighted by Gasteiger charge is 2.51. The maximum atomic E-state index is 14.2. The Balaban J connectivity index is 2.06. The fourth-order valence-electron chi connectivity index (χ4n) is 3.50. The van der Waals surface area contributed by atoms with Crippen molar-refractivity contribution >= 4 is 39.1 Å². The van der Waals surface area contributed by atoms with Crippen LogP contribution in [0.2, 0.25) is 5.02 Å². The van der Waals surface area contributed by atoms with Crippen LogP contribution in [0.4, 0.5) is 8.78 Å². The average Bonchev–Trinajstić information content (AvgIpc) is 2.82. The SMILES string of the molecule is COc1ccccc1S(=O)(=O)N(Cc1ccc(S(C)(=O)=O)cc1)Cc1ccc(C(F)(F)P(=O)(O)O)c(Cl)c1. The monoisotopic (exact) mass is 609 g/mol. The first-order valence-corrected chi connectivity index (χ1v) is 15.9.